The molecule has 0 unspecified atom stereocenters. The van der Waals surface area contributed by atoms with Crippen LogP contribution in [0.2, 0.25) is 0 Å². The van der Waals surface area contributed by atoms with Gasteiger partial charge in [-0.1, -0.05) is 29.8 Å². The number of nitrogens with zero attached hydrogens (tertiary/aromatic N) is 2. The molecule has 2 aromatic rings. The number of benzene rings is 1. The van der Waals surface area contributed by atoms with Crippen LogP contribution in [-0.2, 0) is 16.6 Å². The number of aryl methyl sites for hydroxylation is 1. The molecule has 0 fully saturated rings. The van der Waals surface area contributed by atoms with Gasteiger partial charge in [0, 0.05) is 6.54 Å². The number of hydrogen-bond acceptors (Lipinski definition) is 6. The lowest BCUT2D eigenvalue weighted by Crippen LogP contribution is -2.23. The molecule has 0 saturated carbocycles. The smallest absolute Gasteiger partial charge is 0.243 e. The zero-order valence-electron chi connectivity index (χ0n) is 10.9. The fourth-order valence-electron chi connectivity index (χ4n) is 1.50. The van der Waals surface area contributed by atoms with Crippen molar-refractivity contribution in [2.75, 3.05) is 5.43 Å². The first-order valence-electron chi connectivity index (χ1n) is 5.85. The monoisotopic (exact) mass is 293 g/mol. The minimum absolute atomic E-state index is 0.0105. The van der Waals surface area contributed by atoms with Crippen molar-refractivity contribution in [1.82, 2.24) is 14.7 Å². The zero-order chi connectivity index (χ0) is 14.6. The van der Waals surface area contributed by atoms with Gasteiger partial charge in [0.05, 0.1) is 12.4 Å². The van der Waals surface area contributed by atoms with Gasteiger partial charge in [-0.2, -0.15) is 0 Å². The molecule has 0 aliphatic heterocycles. The van der Waals surface area contributed by atoms with Crippen molar-refractivity contribution in [1.29, 1.82) is 0 Å². The summed E-state index contributed by atoms with van der Waals surface area (Å²) in [5.74, 6) is 5.27. The van der Waals surface area contributed by atoms with E-state index in [0.717, 1.165) is 11.1 Å². The molecule has 2 rings (SSSR count). The van der Waals surface area contributed by atoms with Gasteiger partial charge in [-0.3, -0.25) is 5.43 Å². The van der Waals surface area contributed by atoms with E-state index in [1.54, 1.807) is 0 Å². The normalized spacial score (nSPS) is 11.3. The summed E-state index contributed by atoms with van der Waals surface area (Å²) in [6, 6.07) is 7.59. The number of anilines is 1. The van der Waals surface area contributed by atoms with E-state index in [4.69, 9.17) is 5.84 Å². The third-order valence-corrected chi connectivity index (χ3v) is 4.01. The molecule has 0 atom stereocenters. The van der Waals surface area contributed by atoms with E-state index in [0.29, 0.717) is 0 Å². The molecule has 8 heteroatoms. The Morgan fingerprint density at radius 1 is 1.15 bits per heavy atom. The van der Waals surface area contributed by atoms with Crippen molar-refractivity contribution in [2.24, 2.45) is 5.84 Å². The average Bonchev–Trinajstić information content (AvgIpc) is 2.47. The summed E-state index contributed by atoms with van der Waals surface area (Å²) in [7, 11) is -3.64. The molecule has 0 bridgehead atoms. The molecule has 0 aliphatic carbocycles. The van der Waals surface area contributed by atoms with Crippen LogP contribution >= 0.6 is 0 Å². The Hall–Kier alpha value is -2.03. The van der Waals surface area contributed by atoms with Crippen LogP contribution in [0, 0.1) is 6.92 Å². The van der Waals surface area contributed by atoms with Crippen LogP contribution in [-0.4, -0.2) is 18.4 Å². The molecular formula is C12H15N5O2S. The van der Waals surface area contributed by atoms with Gasteiger partial charge in [0.15, 0.2) is 0 Å². The van der Waals surface area contributed by atoms with Crippen LogP contribution in [0.3, 0.4) is 0 Å². The maximum atomic E-state index is 12.0. The SMILES string of the molecule is Cc1ccc(CNS(=O)(=O)c2cnc(NN)nc2)cc1. The Kier molecular flexibility index (Phi) is 4.28. The summed E-state index contributed by atoms with van der Waals surface area (Å²) < 4.78 is 26.5. The van der Waals surface area contributed by atoms with Gasteiger partial charge in [-0.25, -0.2) is 29.0 Å². The number of nitrogen functional groups attached to an aromatic ring is 1. The maximum Gasteiger partial charge on any atom is 0.243 e. The lowest BCUT2D eigenvalue weighted by molar-refractivity contribution is 0.580. The predicted molar refractivity (Wildman–Crippen MR) is 75.0 cm³/mol. The molecular weight excluding hydrogens is 278 g/mol. The molecule has 0 aliphatic rings. The second-order valence-electron chi connectivity index (χ2n) is 4.20. The van der Waals surface area contributed by atoms with Crippen molar-refractivity contribution in [3.8, 4) is 0 Å². The Balaban J connectivity index is 2.08. The number of hydrogen-bond donors (Lipinski definition) is 3. The van der Waals surface area contributed by atoms with Gasteiger partial charge in [-0.05, 0) is 12.5 Å². The molecule has 1 heterocycles. The van der Waals surface area contributed by atoms with Crippen LogP contribution in [0.4, 0.5) is 5.95 Å². The van der Waals surface area contributed by atoms with E-state index >= 15 is 0 Å². The number of nitrogens with one attached hydrogen (secondary N) is 2. The molecule has 1 aromatic heterocycles. The first kappa shape index (κ1) is 14.4. The molecule has 1 aromatic carbocycles. The van der Waals surface area contributed by atoms with E-state index < -0.39 is 10.0 Å². The third kappa shape index (κ3) is 3.50. The molecule has 0 amide bonds. The minimum Gasteiger partial charge on any atom is -0.292 e. The lowest BCUT2D eigenvalue weighted by atomic mass is 10.2. The van der Waals surface area contributed by atoms with Gasteiger partial charge in [0.25, 0.3) is 0 Å². The highest BCUT2D eigenvalue weighted by atomic mass is 32.2. The molecule has 20 heavy (non-hydrogen) atoms. The first-order valence-corrected chi connectivity index (χ1v) is 7.33. The van der Waals surface area contributed by atoms with Crippen LogP contribution in [0.1, 0.15) is 11.1 Å². The fraction of sp³-hybridized carbons (Fsp3) is 0.167. The highest BCUT2D eigenvalue weighted by Gasteiger charge is 2.14. The van der Waals surface area contributed by atoms with Gasteiger partial charge in [0.2, 0.25) is 16.0 Å². The Morgan fingerprint density at radius 2 is 1.75 bits per heavy atom. The summed E-state index contributed by atoms with van der Waals surface area (Å²) >= 11 is 0. The molecule has 7 nitrogen and oxygen atoms in total. The highest BCUT2D eigenvalue weighted by molar-refractivity contribution is 7.89. The van der Waals surface area contributed by atoms with Crippen LogP contribution in [0.5, 0.6) is 0 Å². The van der Waals surface area contributed by atoms with Crippen LogP contribution < -0.4 is 16.0 Å². The summed E-state index contributed by atoms with van der Waals surface area (Å²) in [6.45, 7) is 2.18. The average molecular weight is 293 g/mol. The summed E-state index contributed by atoms with van der Waals surface area (Å²) in [5.41, 5.74) is 4.23. The zero-order valence-corrected chi connectivity index (χ0v) is 11.7. The van der Waals surface area contributed by atoms with Gasteiger partial charge < -0.3 is 0 Å². The number of rotatable bonds is 5. The van der Waals surface area contributed by atoms with Crippen molar-refractivity contribution >= 4 is 16.0 Å². The summed E-state index contributed by atoms with van der Waals surface area (Å²) in [4.78, 5) is 7.52. The number of aromatic nitrogens is 2. The van der Waals surface area contributed by atoms with Gasteiger partial charge in [0.1, 0.15) is 4.90 Å². The first-order chi connectivity index (χ1) is 9.51. The van der Waals surface area contributed by atoms with E-state index in [-0.39, 0.29) is 17.4 Å². The van der Waals surface area contributed by atoms with Crippen molar-refractivity contribution in [3.05, 3.63) is 47.8 Å². The summed E-state index contributed by atoms with van der Waals surface area (Å²) in [6.07, 6.45) is 2.39. The lowest BCUT2D eigenvalue weighted by Gasteiger charge is -2.07. The quantitative estimate of drug-likeness (QED) is 0.548. The standard InChI is InChI=1S/C12H15N5O2S/c1-9-2-4-10(5-3-9)6-16-20(18,19)11-7-14-12(17-13)15-8-11/h2-5,7-8,16H,6,13H2,1H3,(H,14,15,17). The number of nitrogens with two attached hydrogens (primary N) is 1. The van der Waals surface area contributed by atoms with Crippen LogP contribution in [0.15, 0.2) is 41.6 Å². The summed E-state index contributed by atoms with van der Waals surface area (Å²) in [5, 5.41) is 0. The fourth-order valence-corrected chi connectivity index (χ4v) is 2.40. The second kappa shape index (κ2) is 5.95. The molecule has 106 valence electrons. The molecule has 0 saturated heterocycles. The molecule has 0 radical (unpaired) electrons. The Bertz CT molecular complexity index is 668. The predicted octanol–water partition coefficient (Wildman–Crippen LogP) is 0.549. The number of hydrazine groups is 1. The van der Waals surface area contributed by atoms with Gasteiger partial charge in [-0.15, -0.1) is 0 Å². The maximum absolute atomic E-state index is 12.0. The van der Waals surface area contributed by atoms with Crippen LogP contribution in [0.25, 0.3) is 0 Å². The third-order valence-electron chi connectivity index (χ3n) is 2.65. The second-order valence-corrected chi connectivity index (χ2v) is 5.96. The topological polar surface area (TPSA) is 110 Å². The van der Waals surface area contributed by atoms with Crippen molar-refractivity contribution in [2.45, 2.75) is 18.4 Å². The Labute approximate surface area is 117 Å². The number of sulfonamides is 1. The van der Waals surface area contributed by atoms with Gasteiger partial charge >= 0.3 is 0 Å². The largest absolute Gasteiger partial charge is 0.292 e. The van der Waals surface area contributed by atoms with E-state index in [9.17, 15) is 8.42 Å². The van der Waals surface area contributed by atoms with E-state index in [1.165, 1.54) is 12.4 Å². The Morgan fingerprint density at radius 3 is 2.30 bits per heavy atom. The molecule has 4 N–H and O–H groups in total. The van der Waals surface area contributed by atoms with E-state index in [2.05, 4.69) is 20.1 Å². The molecule has 0 spiro atoms. The highest BCUT2D eigenvalue weighted by Crippen LogP contribution is 2.09. The minimum atomic E-state index is -3.64. The van der Waals surface area contributed by atoms with Crippen molar-refractivity contribution < 1.29 is 8.42 Å². The van der Waals surface area contributed by atoms with Crippen molar-refractivity contribution in [3.63, 3.8) is 0 Å². The van der Waals surface area contributed by atoms with E-state index in [1.807, 2.05) is 31.2 Å².